The van der Waals surface area contributed by atoms with Gasteiger partial charge < -0.3 is 9.64 Å². The molecule has 9 heteroatoms. The zero-order valence-electron chi connectivity index (χ0n) is 10.8. The summed E-state index contributed by atoms with van der Waals surface area (Å²) in [6, 6.07) is 0. The van der Waals surface area contributed by atoms with E-state index in [1.54, 1.807) is 0 Å². The second kappa shape index (κ2) is 4.94. The van der Waals surface area contributed by atoms with Gasteiger partial charge in [0.05, 0.1) is 17.1 Å². The Morgan fingerprint density at radius 2 is 2.37 bits per heavy atom. The molecule has 1 aliphatic rings. The molecule has 9 nitrogen and oxygen atoms in total. The third-order valence-electron chi connectivity index (χ3n) is 2.80. The first-order valence-corrected chi connectivity index (χ1v) is 5.80. The van der Waals surface area contributed by atoms with Gasteiger partial charge in [0, 0.05) is 13.1 Å². The summed E-state index contributed by atoms with van der Waals surface area (Å²) in [5.74, 6) is 5.64. The molecule has 2 rings (SSSR count). The van der Waals surface area contributed by atoms with E-state index in [0.29, 0.717) is 19.7 Å². The SMILES string of the molecule is CC1(C)CN(c2nc(NN)ncc2[N+](=O)[O-])CCO1. The van der Waals surface area contributed by atoms with Crippen molar-refractivity contribution < 1.29 is 9.66 Å². The van der Waals surface area contributed by atoms with Crippen molar-refractivity contribution in [3.63, 3.8) is 0 Å². The molecule has 0 aliphatic carbocycles. The second-order valence-corrected chi connectivity index (χ2v) is 4.83. The van der Waals surface area contributed by atoms with Crippen LogP contribution in [0.4, 0.5) is 17.5 Å². The number of aromatic nitrogens is 2. The van der Waals surface area contributed by atoms with Gasteiger partial charge in [-0.05, 0) is 13.8 Å². The number of nitrogens with one attached hydrogen (secondary N) is 1. The van der Waals surface area contributed by atoms with Crippen LogP contribution in [0.1, 0.15) is 13.8 Å². The van der Waals surface area contributed by atoms with Crippen LogP contribution < -0.4 is 16.2 Å². The van der Waals surface area contributed by atoms with Gasteiger partial charge in [0.1, 0.15) is 6.20 Å². The number of rotatable bonds is 3. The van der Waals surface area contributed by atoms with Crippen LogP contribution in [0.15, 0.2) is 6.20 Å². The van der Waals surface area contributed by atoms with Crippen LogP contribution in [0.3, 0.4) is 0 Å². The summed E-state index contributed by atoms with van der Waals surface area (Å²) in [5, 5.41) is 11.0. The number of nitro groups is 1. The lowest BCUT2D eigenvalue weighted by molar-refractivity contribution is -0.384. The Labute approximate surface area is 109 Å². The van der Waals surface area contributed by atoms with Gasteiger partial charge in [-0.3, -0.25) is 15.5 Å². The summed E-state index contributed by atoms with van der Waals surface area (Å²) in [4.78, 5) is 20.2. The van der Waals surface area contributed by atoms with Crippen molar-refractivity contribution in [3.8, 4) is 0 Å². The Balaban J connectivity index is 2.38. The highest BCUT2D eigenvalue weighted by atomic mass is 16.6. The van der Waals surface area contributed by atoms with Crippen molar-refractivity contribution in [1.82, 2.24) is 9.97 Å². The van der Waals surface area contributed by atoms with Crippen molar-refractivity contribution in [1.29, 1.82) is 0 Å². The van der Waals surface area contributed by atoms with Crippen LogP contribution >= 0.6 is 0 Å². The number of anilines is 2. The van der Waals surface area contributed by atoms with Crippen molar-refractivity contribution >= 4 is 17.5 Å². The van der Waals surface area contributed by atoms with Crippen LogP contribution in [0.5, 0.6) is 0 Å². The normalized spacial score (nSPS) is 18.2. The summed E-state index contributed by atoms with van der Waals surface area (Å²) >= 11 is 0. The lowest BCUT2D eigenvalue weighted by Crippen LogP contribution is -2.48. The minimum atomic E-state index is -0.502. The van der Waals surface area contributed by atoms with E-state index >= 15 is 0 Å². The molecule has 0 radical (unpaired) electrons. The molecule has 104 valence electrons. The number of nitrogens with zero attached hydrogens (tertiary/aromatic N) is 4. The predicted molar refractivity (Wildman–Crippen MR) is 68.7 cm³/mol. The van der Waals surface area contributed by atoms with E-state index < -0.39 is 4.92 Å². The maximum Gasteiger partial charge on any atom is 0.329 e. The van der Waals surface area contributed by atoms with Gasteiger partial charge in [-0.2, -0.15) is 4.98 Å². The first kappa shape index (κ1) is 13.4. The summed E-state index contributed by atoms with van der Waals surface area (Å²) in [7, 11) is 0. The summed E-state index contributed by atoms with van der Waals surface area (Å²) in [6.45, 7) is 5.38. The smallest absolute Gasteiger partial charge is 0.329 e. The van der Waals surface area contributed by atoms with E-state index in [9.17, 15) is 10.1 Å². The van der Waals surface area contributed by atoms with E-state index in [1.807, 2.05) is 18.7 Å². The molecule has 0 unspecified atom stereocenters. The Kier molecular flexibility index (Phi) is 3.49. The minimum Gasteiger partial charge on any atom is -0.372 e. The van der Waals surface area contributed by atoms with Gasteiger partial charge in [0.25, 0.3) is 0 Å². The molecule has 1 aromatic rings. The maximum atomic E-state index is 11.0. The Morgan fingerprint density at radius 1 is 1.63 bits per heavy atom. The highest BCUT2D eigenvalue weighted by molar-refractivity contribution is 5.59. The van der Waals surface area contributed by atoms with Gasteiger partial charge in [0.2, 0.25) is 11.8 Å². The molecule has 1 aromatic heterocycles. The molecule has 1 aliphatic heterocycles. The highest BCUT2D eigenvalue weighted by Crippen LogP contribution is 2.29. The topological polar surface area (TPSA) is 119 Å². The molecule has 0 saturated carbocycles. The zero-order valence-corrected chi connectivity index (χ0v) is 10.8. The van der Waals surface area contributed by atoms with E-state index in [-0.39, 0.29) is 23.1 Å². The number of nitrogen functional groups attached to an aromatic ring is 1. The number of nitrogens with two attached hydrogens (primary N) is 1. The molecular formula is C10H16N6O3. The van der Waals surface area contributed by atoms with Crippen LogP contribution in [0.25, 0.3) is 0 Å². The number of ether oxygens (including phenoxy) is 1. The summed E-state index contributed by atoms with van der Waals surface area (Å²) < 4.78 is 5.58. The van der Waals surface area contributed by atoms with Crippen LogP contribution in [-0.4, -0.2) is 40.2 Å². The molecule has 0 atom stereocenters. The van der Waals surface area contributed by atoms with Gasteiger partial charge in [0.15, 0.2) is 0 Å². The van der Waals surface area contributed by atoms with Crippen LogP contribution in [0, 0.1) is 10.1 Å². The van der Waals surface area contributed by atoms with Gasteiger partial charge in [-0.15, -0.1) is 0 Å². The average Bonchev–Trinajstić information content (AvgIpc) is 2.36. The van der Waals surface area contributed by atoms with Gasteiger partial charge in [-0.1, -0.05) is 0 Å². The van der Waals surface area contributed by atoms with E-state index in [0.717, 1.165) is 6.20 Å². The maximum absolute atomic E-state index is 11.0. The van der Waals surface area contributed by atoms with E-state index in [1.165, 1.54) is 0 Å². The molecule has 1 fully saturated rings. The molecule has 0 aromatic carbocycles. The van der Waals surface area contributed by atoms with Crippen molar-refractivity contribution in [3.05, 3.63) is 16.3 Å². The molecule has 2 heterocycles. The first-order valence-electron chi connectivity index (χ1n) is 5.80. The van der Waals surface area contributed by atoms with Gasteiger partial charge >= 0.3 is 5.69 Å². The third-order valence-corrected chi connectivity index (χ3v) is 2.80. The Hall–Kier alpha value is -2.00. The van der Waals surface area contributed by atoms with E-state index in [2.05, 4.69) is 15.4 Å². The molecule has 0 spiro atoms. The molecule has 0 bridgehead atoms. The molecule has 1 saturated heterocycles. The van der Waals surface area contributed by atoms with Crippen molar-refractivity contribution in [2.24, 2.45) is 5.84 Å². The van der Waals surface area contributed by atoms with Crippen LogP contribution in [-0.2, 0) is 4.74 Å². The standard InChI is InChI=1S/C10H16N6O3/c1-10(2)6-15(3-4-19-10)8-7(16(17)18)5-12-9(13-8)14-11/h5H,3-4,6,11H2,1-2H3,(H,12,13,14). The Morgan fingerprint density at radius 3 is 2.95 bits per heavy atom. The fourth-order valence-electron chi connectivity index (χ4n) is 1.99. The summed E-state index contributed by atoms with van der Waals surface area (Å²) in [5.41, 5.74) is 1.77. The third kappa shape index (κ3) is 2.88. The minimum absolute atomic E-state index is 0.142. The highest BCUT2D eigenvalue weighted by Gasteiger charge is 2.32. The predicted octanol–water partition coefficient (Wildman–Crippen LogP) is 0.286. The molecular weight excluding hydrogens is 252 g/mol. The molecule has 3 N–H and O–H groups in total. The largest absolute Gasteiger partial charge is 0.372 e. The summed E-state index contributed by atoms with van der Waals surface area (Å²) in [6.07, 6.45) is 1.15. The fraction of sp³-hybridized carbons (Fsp3) is 0.600. The van der Waals surface area contributed by atoms with E-state index in [4.69, 9.17) is 10.6 Å². The van der Waals surface area contributed by atoms with Crippen molar-refractivity contribution in [2.75, 3.05) is 30.0 Å². The zero-order chi connectivity index (χ0) is 14.0. The van der Waals surface area contributed by atoms with Crippen molar-refractivity contribution in [2.45, 2.75) is 19.4 Å². The lowest BCUT2D eigenvalue weighted by Gasteiger charge is -2.38. The second-order valence-electron chi connectivity index (χ2n) is 4.83. The monoisotopic (exact) mass is 268 g/mol. The number of morpholine rings is 1. The average molecular weight is 268 g/mol. The fourth-order valence-corrected chi connectivity index (χ4v) is 1.99. The van der Waals surface area contributed by atoms with Gasteiger partial charge in [-0.25, -0.2) is 10.8 Å². The number of hydrogen-bond acceptors (Lipinski definition) is 8. The lowest BCUT2D eigenvalue weighted by atomic mass is 10.1. The quantitative estimate of drug-likeness (QED) is 0.456. The molecule has 0 amide bonds. The van der Waals surface area contributed by atoms with Crippen LogP contribution in [0.2, 0.25) is 0 Å². The number of hydrogen-bond donors (Lipinski definition) is 2. The first-order chi connectivity index (χ1) is 8.93. The number of hydrazine groups is 1. The Bertz CT molecular complexity index is 492. The molecule has 19 heavy (non-hydrogen) atoms.